The molecular weight excluding hydrogens is 213 g/mol. The van der Waals surface area contributed by atoms with Gasteiger partial charge in [-0.3, -0.25) is 4.68 Å². The van der Waals surface area contributed by atoms with E-state index in [1.54, 1.807) is 6.20 Å². The fourth-order valence-corrected chi connectivity index (χ4v) is 2.02. The smallest absolute Gasteiger partial charge is 0.120 e. The van der Waals surface area contributed by atoms with Crippen molar-refractivity contribution in [1.29, 1.82) is 5.26 Å². The number of halogens is 1. The molecule has 0 saturated heterocycles. The average molecular weight is 221 g/mol. The van der Waals surface area contributed by atoms with Gasteiger partial charge in [-0.25, -0.2) is 4.39 Å². The van der Waals surface area contributed by atoms with E-state index < -0.39 is 6.67 Å². The van der Waals surface area contributed by atoms with Crippen molar-refractivity contribution >= 4 is 11.3 Å². The first kappa shape index (κ1) is 9.87. The van der Waals surface area contributed by atoms with Gasteiger partial charge in [-0.1, -0.05) is 6.07 Å². The van der Waals surface area contributed by atoms with Crippen LogP contribution in [0.1, 0.15) is 5.56 Å². The molecule has 5 heteroatoms. The minimum Gasteiger partial charge on any atom is -0.268 e. The molecule has 0 unspecified atom stereocenters. The Hall–Kier alpha value is -1.67. The van der Waals surface area contributed by atoms with E-state index in [0.29, 0.717) is 11.3 Å². The van der Waals surface area contributed by atoms with Crippen LogP contribution in [0.2, 0.25) is 0 Å². The zero-order valence-corrected chi connectivity index (χ0v) is 8.67. The van der Waals surface area contributed by atoms with Crippen molar-refractivity contribution < 1.29 is 4.39 Å². The SMILES string of the molecule is N#Cc1cn(CCF)nc1-c1cccs1. The molecule has 2 aromatic rings. The lowest BCUT2D eigenvalue weighted by Crippen LogP contribution is -1.99. The van der Waals surface area contributed by atoms with Crippen LogP contribution in [-0.2, 0) is 6.54 Å². The van der Waals surface area contributed by atoms with E-state index in [0.717, 1.165) is 4.88 Å². The third-order valence-electron chi connectivity index (χ3n) is 1.95. The maximum absolute atomic E-state index is 12.1. The summed E-state index contributed by atoms with van der Waals surface area (Å²) in [5.74, 6) is 0. The number of hydrogen-bond acceptors (Lipinski definition) is 3. The molecule has 15 heavy (non-hydrogen) atoms. The Labute approximate surface area is 90.4 Å². The molecule has 2 heterocycles. The number of nitriles is 1. The molecule has 0 aliphatic carbocycles. The van der Waals surface area contributed by atoms with Gasteiger partial charge >= 0.3 is 0 Å². The zero-order valence-electron chi connectivity index (χ0n) is 7.85. The van der Waals surface area contributed by atoms with Crippen LogP contribution in [0.3, 0.4) is 0 Å². The number of thiophene rings is 1. The van der Waals surface area contributed by atoms with E-state index in [-0.39, 0.29) is 6.54 Å². The summed E-state index contributed by atoms with van der Waals surface area (Å²) in [6, 6.07) is 5.86. The summed E-state index contributed by atoms with van der Waals surface area (Å²) in [7, 11) is 0. The Morgan fingerprint density at radius 1 is 1.60 bits per heavy atom. The highest BCUT2D eigenvalue weighted by Crippen LogP contribution is 2.25. The summed E-state index contributed by atoms with van der Waals surface area (Å²) in [6.07, 6.45) is 1.58. The van der Waals surface area contributed by atoms with Gasteiger partial charge in [0.15, 0.2) is 0 Å². The van der Waals surface area contributed by atoms with Crippen molar-refractivity contribution in [1.82, 2.24) is 9.78 Å². The maximum Gasteiger partial charge on any atom is 0.120 e. The molecule has 0 saturated carbocycles. The molecule has 0 radical (unpaired) electrons. The lowest BCUT2D eigenvalue weighted by atomic mass is 10.2. The predicted molar refractivity (Wildman–Crippen MR) is 56.2 cm³/mol. The van der Waals surface area contributed by atoms with Crippen LogP contribution in [-0.4, -0.2) is 16.5 Å². The number of rotatable bonds is 3. The largest absolute Gasteiger partial charge is 0.268 e. The van der Waals surface area contributed by atoms with Crippen LogP contribution in [0.4, 0.5) is 4.39 Å². The van der Waals surface area contributed by atoms with Crippen LogP contribution < -0.4 is 0 Å². The molecule has 0 atom stereocenters. The summed E-state index contributed by atoms with van der Waals surface area (Å²) in [5, 5.41) is 15.0. The molecule has 0 aliphatic heterocycles. The number of alkyl halides is 1. The first-order valence-electron chi connectivity index (χ1n) is 4.42. The summed E-state index contributed by atoms with van der Waals surface area (Å²) in [5.41, 5.74) is 1.13. The van der Waals surface area contributed by atoms with Gasteiger partial charge in [0.05, 0.1) is 17.0 Å². The van der Waals surface area contributed by atoms with Gasteiger partial charge in [0, 0.05) is 6.20 Å². The van der Waals surface area contributed by atoms with Gasteiger partial charge < -0.3 is 0 Å². The Morgan fingerprint density at radius 2 is 2.47 bits per heavy atom. The van der Waals surface area contributed by atoms with E-state index >= 15 is 0 Å². The minimum atomic E-state index is -0.476. The topological polar surface area (TPSA) is 41.6 Å². The quantitative estimate of drug-likeness (QED) is 0.798. The molecule has 0 aromatic carbocycles. The van der Waals surface area contributed by atoms with Gasteiger partial charge in [-0.2, -0.15) is 10.4 Å². The van der Waals surface area contributed by atoms with Gasteiger partial charge in [0.1, 0.15) is 18.4 Å². The predicted octanol–water partition coefficient (Wildman–Crippen LogP) is 2.45. The normalized spacial score (nSPS) is 10.1. The highest BCUT2D eigenvalue weighted by atomic mass is 32.1. The van der Waals surface area contributed by atoms with Crippen LogP contribution in [0.5, 0.6) is 0 Å². The van der Waals surface area contributed by atoms with Crippen LogP contribution in [0, 0.1) is 11.3 Å². The van der Waals surface area contributed by atoms with E-state index in [1.165, 1.54) is 16.0 Å². The lowest BCUT2D eigenvalue weighted by Gasteiger charge is -1.93. The van der Waals surface area contributed by atoms with Crippen molar-refractivity contribution in [3.05, 3.63) is 29.3 Å². The Kier molecular flexibility index (Phi) is 2.79. The van der Waals surface area contributed by atoms with E-state index in [2.05, 4.69) is 11.2 Å². The van der Waals surface area contributed by atoms with Crippen molar-refractivity contribution in [2.75, 3.05) is 6.67 Å². The molecule has 0 bridgehead atoms. The van der Waals surface area contributed by atoms with Gasteiger partial charge in [-0.15, -0.1) is 11.3 Å². The van der Waals surface area contributed by atoms with Gasteiger partial charge in [0.2, 0.25) is 0 Å². The molecule has 2 rings (SSSR count). The first-order valence-corrected chi connectivity index (χ1v) is 5.30. The van der Waals surface area contributed by atoms with Crippen LogP contribution >= 0.6 is 11.3 Å². The summed E-state index contributed by atoms with van der Waals surface area (Å²) < 4.78 is 13.6. The third-order valence-corrected chi connectivity index (χ3v) is 2.83. The van der Waals surface area contributed by atoms with E-state index in [1.807, 2.05) is 17.5 Å². The van der Waals surface area contributed by atoms with Crippen LogP contribution in [0.25, 0.3) is 10.6 Å². The Balaban J connectivity index is 2.43. The number of aryl methyl sites for hydroxylation is 1. The fourth-order valence-electron chi connectivity index (χ4n) is 1.30. The maximum atomic E-state index is 12.1. The first-order chi connectivity index (χ1) is 7.35. The summed E-state index contributed by atoms with van der Waals surface area (Å²) >= 11 is 1.52. The molecule has 76 valence electrons. The summed E-state index contributed by atoms with van der Waals surface area (Å²) in [6.45, 7) is -0.281. The fraction of sp³-hybridized carbons (Fsp3) is 0.200. The highest BCUT2D eigenvalue weighted by Gasteiger charge is 2.11. The van der Waals surface area contributed by atoms with Crippen molar-refractivity contribution in [3.63, 3.8) is 0 Å². The van der Waals surface area contributed by atoms with E-state index in [9.17, 15) is 4.39 Å². The second-order valence-electron chi connectivity index (χ2n) is 2.93. The van der Waals surface area contributed by atoms with Gasteiger partial charge in [-0.05, 0) is 11.4 Å². The van der Waals surface area contributed by atoms with Crippen molar-refractivity contribution in [2.24, 2.45) is 0 Å². The monoisotopic (exact) mass is 221 g/mol. The number of hydrogen-bond donors (Lipinski definition) is 0. The second kappa shape index (κ2) is 4.24. The Morgan fingerprint density at radius 3 is 3.07 bits per heavy atom. The second-order valence-corrected chi connectivity index (χ2v) is 3.88. The summed E-state index contributed by atoms with van der Waals surface area (Å²) in [4.78, 5) is 0.934. The molecule has 2 aromatic heterocycles. The Bertz CT molecular complexity index is 481. The number of nitrogens with zero attached hydrogens (tertiary/aromatic N) is 3. The average Bonchev–Trinajstić information content (AvgIpc) is 2.84. The molecule has 0 N–H and O–H groups in total. The highest BCUT2D eigenvalue weighted by molar-refractivity contribution is 7.13. The molecule has 3 nitrogen and oxygen atoms in total. The minimum absolute atomic E-state index is 0.194. The molecule has 0 aliphatic rings. The molecule has 0 fully saturated rings. The standard InChI is InChI=1S/C10H8FN3S/c11-3-4-14-7-8(6-12)10(13-14)9-2-1-5-15-9/h1-2,5,7H,3-4H2. The van der Waals surface area contributed by atoms with Crippen molar-refractivity contribution in [3.8, 4) is 16.6 Å². The molecule has 0 spiro atoms. The molecular formula is C10H8FN3S. The van der Waals surface area contributed by atoms with Gasteiger partial charge in [0.25, 0.3) is 0 Å². The lowest BCUT2D eigenvalue weighted by molar-refractivity contribution is 0.427. The van der Waals surface area contributed by atoms with Crippen LogP contribution in [0.15, 0.2) is 23.7 Å². The number of aromatic nitrogens is 2. The third kappa shape index (κ3) is 1.90. The van der Waals surface area contributed by atoms with Crippen molar-refractivity contribution in [2.45, 2.75) is 6.54 Å². The zero-order chi connectivity index (χ0) is 10.7. The van der Waals surface area contributed by atoms with E-state index in [4.69, 9.17) is 5.26 Å². The molecule has 0 amide bonds.